The molecule has 0 aromatic carbocycles. The zero-order valence-corrected chi connectivity index (χ0v) is 11.5. The zero-order chi connectivity index (χ0) is 13.7. The average Bonchev–Trinajstić information content (AvgIpc) is 3.20. The third-order valence-corrected chi connectivity index (χ3v) is 2.89. The molecule has 6 nitrogen and oxygen atoms in total. The summed E-state index contributed by atoms with van der Waals surface area (Å²) >= 11 is 0. The Balaban J connectivity index is 1.89. The summed E-state index contributed by atoms with van der Waals surface area (Å²) in [5.74, 6) is 1.49. The van der Waals surface area contributed by atoms with E-state index in [1.54, 1.807) is 12.4 Å². The van der Waals surface area contributed by atoms with Crippen LogP contribution in [-0.4, -0.2) is 42.1 Å². The van der Waals surface area contributed by atoms with Gasteiger partial charge in [-0.25, -0.2) is 4.98 Å². The van der Waals surface area contributed by atoms with Crippen LogP contribution in [-0.2, 0) is 4.79 Å². The number of hydrogen-bond acceptors (Lipinski definition) is 5. The number of likely N-dealkylation sites (N-methyl/N-ethyl adjacent to an activating group) is 1. The molecule has 0 spiro atoms. The number of amides is 1. The second-order valence-corrected chi connectivity index (χ2v) is 4.89. The van der Waals surface area contributed by atoms with E-state index in [2.05, 4.69) is 27.5 Å². The van der Waals surface area contributed by atoms with Crippen LogP contribution >= 0.6 is 0 Å². The highest BCUT2D eigenvalue weighted by atomic mass is 16.2. The summed E-state index contributed by atoms with van der Waals surface area (Å²) < 4.78 is 0. The molecule has 1 saturated carbocycles. The van der Waals surface area contributed by atoms with Gasteiger partial charge in [-0.1, -0.05) is 6.92 Å². The van der Waals surface area contributed by atoms with Gasteiger partial charge in [0.15, 0.2) is 0 Å². The van der Waals surface area contributed by atoms with Gasteiger partial charge >= 0.3 is 0 Å². The lowest BCUT2D eigenvalue weighted by molar-refractivity contribution is -0.119. The Morgan fingerprint density at radius 3 is 2.95 bits per heavy atom. The third kappa shape index (κ3) is 4.39. The maximum atomic E-state index is 11.7. The minimum Gasteiger partial charge on any atom is -0.369 e. The van der Waals surface area contributed by atoms with Gasteiger partial charge in [-0.05, 0) is 19.3 Å². The highest BCUT2D eigenvalue weighted by Crippen LogP contribution is 2.18. The van der Waals surface area contributed by atoms with Crippen LogP contribution in [0.15, 0.2) is 12.4 Å². The first-order valence-corrected chi connectivity index (χ1v) is 6.75. The molecule has 1 amide bonds. The number of nitrogens with zero attached hydrogens (tertiary/aromatic N) is 3. The molecule has 1 aliphatic carbocycles. The summed E-state index contributed by atoms with van der Waals surface area (Å²) in [6, 6.07) is 0.393. The first-order valence-electron chi connectivity index (χ1n) is 6.75. The van der Waals surface area contributed by atoms with Crippen LogP contribution in [0.5, 0.6) is 0 Å². The van der Waals surface area contributed by atoms with Gasteiger partial charge in [0, 0.05) is 19.6 Å². The normalized spacial score (nSPS) is 14.0. The third-order valence-electron chi connectivity index (χ3n) is 2.89. The predicted molar refractivity (Wildman–Crippen MR) is 75.2 cm³/mol. The molecule has 0 bridgehead atoms. The standard InChI is InChI=1S/C13H21N5O/c1-3-6-15-11-7-14-8-12(17-11)18(2)9-13(19)16-10-4-5-10/h7-8,10H,3-6,9H2,1-2H3,(H,15,17)(H,16,19). The molecule has 1 aromatic heterocycles. The van der Waals surface area contributed by atoms with Crippen molar-refractivity contribution >= 4 is 17.5 Å². The molecular formula is C13H21N5O. The average molecular weight is 263 g/mol. The summed E-state index contributed by atoms with van der Waals surface area (Å²) in [4.78, 5) is 22.1. The highest BCUT2D eigenvalue weighted by molar-refractivity contribution is 5.81. The lowest BCUT2D eigenvalue weighted by Gasteiger charge is -2.18. The number of carbonyl (C=O) groups excluding carboxylic acids is 1. The number of hydrogen-bond donors (Lipinski definition) is 2. The van der Waals surface area contributed by atoms with Crippen LogP contribution in [0.2, 0.25) is 0 Å². The van der Waals surface area contributed by atoms with Gasteiger partial charge in [0.2, 0.25) is 5.91 Å². The quantitative estimate of drug-likeness (QED) is 0.768. The number of carbonyl (C=O) groups is 1. The van der Waals surface area contributed by atoms with E-state index >= 15 is 0 Å². The number of rotatable bonds is 7. The van der Waals surface area contributed by atoms with Crippen molar-refractivity contribution < 1.29 is 4.79 Å². The molecule has 0 unspecified atom stereocenters. The summed E-state index contributed by atoms with van der Waals surface area (Å²) in [7, 11) is 1.85. The van der Waals surface area contributed by atoms with Gasteiger partial charge in [-0.2, -0.15) is 0 Å². The summed E-state index contributed by atoms with van der Waals surface area (Å²) in [5, 5.41) is 6.14. The Kier molecular flexibility index (Phi) is 4.54. The van der Waals surface area contributed by atoms with Crippen LogP contribution < -0.4 is 15.5 Å². The molecule has 6 heteroatoms. The van der Waals surface area contributed by atoms with E-state index in [9.17, 15) is 4.79 Å². The van der Waals surface area contributed by atoms with E-state index in [0.29, 0.717) is 18.4 Å². The molecule has 1 aromatic rings. The largest absolute Gasteiger partial charge is 0.369 e. The maximum absolute atomic E-state index is 11.7. The fourth-order valence-corrected chi connectivity index (χ4v) is 1.68. The maximum Gasteiger partial charge on any atom is 0.239 e. The van der Waals surface area contributed by atoms with Gasteiger partial charge in [0.25, 0.3) is 0 Å². The molecule has 0 atom stereocenters. The fraction of sp³-hybridized carbons (Fsp3) is 0.615. The number of anilines is 2. The van der Waals surface area contributed by atoms with Crippen LogP contribution in [0.25, 0.3) is 0 Å². The van der Waals surface area contributed by atoms with Crippen molar-refractivity contribution in [3.05, 3.63) is 12.4 Å². The molecule has 104 valence electrons. The van der Waals surface area contributed by atoms with E-state index in [1.807, 2.05) is 11.9 Å². The lowest BCUT2D eigenvalue weighted by Crippen LogP contribution is -2.36. The first kappa shape index (κ1) is 13.6. The monoisotopic (exact) mass is 263 g/mol. The Labute approximate surface area is 113 Å². The fourth-order valence-electron chi connectivity index (χ4n) is 1.68. The molecule has 2 N–H and O–H groups in total. The lowest BCUT2D eigenvalue weighted by atomic mass is 10.4. The van der Waals surface area contributed by atoms with Gasteiger partial charge in [-0.3, -0.25) is 9.78 Å². The van der Waals surface area contributed by atoms with Gasteiger partial charge in [0.1, 0.15) is 11.6 Å². The summed E-state index contributed by atoms with van der Waals surface area (Å²) in [6.07, 6.45) is 6.60. The van der Waals surface area contributed by atoms with Gasteiger partial charge < -0.3 is 15.5 Å². The number of aromatic nitrogens is 2. The van der Waals surface area contributed by atoms with E-state index in [1.165, 1.54) is 0 Å². The second kappa shape index (κ2) is 6.36. The van der Waals surface area contributed by atoms with Crippen molar-refractivity contribution in [2.45, 2.75) is 32.2 Å². The minimum atomic E-state index is 0.0405. The number of nitrogens with one attached hydrogen (secondary N) is 2. The molecule has 0 saturated heterocycles. The summed E-state index contributed by atoms with van der Waals surface area (Å²) in [6.45, 7) is 3.27. The van der Waals surface area contributed by atoms with Crippen LogP contribution in [0.1, 0.15) is 26.2 Å². The molecule has 1 aliphatic rings. The first-order chi connectivity index (χ1) is 9.19. The molecule has 1 heterocycles. The van der Waals surface area contributed by atoms with Gasteiger partial charge in [-0.15, -0.1) is 0 Å². The van der Waals surface area contributed by atoms with Gasteiger partial charge in [0.05, 0.1) is 18.9 Å². The molecular weight excluding hydrogens is 242 g/mol. The van der Waals surface area contributed by atoms with Crippen molar-refractivity contribution in [2.24, 2.45) is 0 Å². The summed E-state index contributed by atoms with van der Waals surface area (Å²) in [5.41, 5.74) is 0. The molecule has 2 rings (SSSR count). The van der Waals surface area contributed by atoms with Crippen molar-refractivity contribution in [1.82, 2.24) is 15.3 Å². The van der Waals surface area contributed by atoms with E-state index in [0.717, 1.165) is 31.6 Å². The molecule has 0 aliphatic heterocycles. The molecule has 19 heavy (non-hydrogen) atoms. The van der Waals surface area contributed by atoms with E-state index in [-0.39, 0.29) is 5.91 Å². The van der Waals surface area contributed by atoms with Crippen LogP contribution in [0.4, 0.5) is 11.6 Å². The van der Waals surface area contributed by atoms with E-state index in [4.69, 9.17) is 0 Å². The van der Waals surface area contributed by atoms with Crippen LogP contribution in [0, 0.1) is 0 Å². The predicted octanol–water partition coefficient (Wildman–Crippen LogP) is 1.01. The highest BCUT2D eigenvalue weighted by Gasteiger charge is 2.23. The SMILES string of the molecule is CCCNc1cncc(N(C)CC(=O)NC2CC2)n1. The zero-order valence-electron chi connectivity index (χ0n) is 11.5. The minimum absolute atomic E-state index is 0.0405. The van der Waals surface area contributed by atoms with Crippen molar-refractivity contribution in [3.63, 3.8) is 0 Å². The molecule has 1 fully saturated rings. The Morgan fingerprint density at radius 1 is 1.47 bits per heavy atom. The van der Waals surface area contributed by atoms with E-state index < -0.39 is 0 Å². The van der Waals surface area contributed by atoms with Crippen molar-refractivity contribution in [3.8, 4) is 0 Å². The Hall–Kier alpha value is -1.85. The molecule has 0 radical (unpaired) electrons. The smallest absolute Gasteiger partial charge is 0.239 e. The van der Waals surface area contributed by atoms with Crippen molar-refractivity contribution in [2.75, 3.05) is 30.4 Å². The van der Waals surface area contributed by atoms with Crippen molar-refractivity contribution in [1.29, 1.82) is 0 Å². The Bertz CT molecular complexity index is 433. The second-order valence-electron chi connectivity index (χ2n) is 4.89. The Morgan fingerprint density at radius 2 is 2.26 bits per heavy atom. The van der Waals surface area contributed by atoms with Crippen LogP contribution in [0.3, 0.4) is 0 Å². The topological polar surface area (TPSA) is 70.2 Å².